The third kappa shape index (κ3) is 10.6. The molecule has 0 atom stereocenters. The Labute approximate surface area is 88.6 Å². The molecule has 0 radical (unpaired) electrons. The predicted molar refractivity (Wildman–Crippen MR) is 52.7 cm³/mol. The molecule has 0 bridgehead atoms. The van der Waals surface area contributed by atoms with E-state index in [-0.39, 0.29) is 19.8 Å². The zero-order valence-corrected chi connectivity index (χ0v) is 9.20. The van der Waals surface area contributed by atoms with Gasteiger partial charge in [-0.2, -0.15) is 0 Å². The molecule has 6 heteroatoms. The van der Waals surface area contributed by atoms with Crippen LogP contribution in [0.25, 0.3) is 0 Å². The molecule has 0 rings (SSSR count). The summed E-state index contributed by atoms with van der Waals surface area (Å²) in [5, 5.41) is 10.7. The maximum atomic E-state index is 11.1. The van der Waals surface area contributed by atoms with Crippen LogP contribution in [0.2, 0.25) is 0 Å². The number of aliphatic carboxylic acids is 1. The average Bonchev–Trinajstić information content (AvgIpc) is 1.99. The van der Waals surface area contributed by atoms with Crippen molar-refractivity contribution in [2.24, 2.45) is 0 Å². The van der Waals surface area contributed by atoms with Gasteiger partial charge < -0.3 is 19.9 Å². The third-order valence-corrected chi connectivity index (χ3v) is 1.14. The molecule has 0 aromatic heterocycles. The van der Waals surface area contributed by atoms with Gasteiger partial charge in [-0.05, 0) is 20.8 Å². The quantitative estimate of drug-likeness (QED) is 0.662. The number of carbonyl (C=O) groups is 2. The highest BCUT2D eigenvalue weighted by Crippen LogP contribution is 2.05. The van der Waals surface area contributed by atoms with Gasteiger partial charge in [-0.3, -0.25) is 0 Å². The van der Waals surface area contributed by atoms with Crippen LogP contribution in [0, 0.1) is 0 Å². The van der Waals surface area contributed by atoms with Crippen LogP contribution in [0.3, 0.4) is 0 Å². The first-order valence-corrected chi connectivity index (χ1v) is 4.57. The van der Waals surface area contributed by atoms with E-state index in [9.17, 15) is 9.59 Å². The molecule has 0 unspecified atom stereocenters. The van der Waals surface area contributed by atoms with Gasteiger partial charge in [0.1, 0.15) is 12.2 Å². The predicted octanol–water partition coefficient (Wildman–Crippen LogP) is 0.612. The van der Waals surface area contributed by atoms with Crippen LogP contribution in [0.4, 0.5) is 4.79 Å². The van der Waals surface area contributed by atoms with Gasteiger partial charge in [-0.25, -0.2) is 9.59 Å². The SMILES string of the molecule is CC(C)(C)OC(=O)NCCOCC(=O)O. The van der Waals surface area contributed by atoms with E-state index in [2.05, 4.69) is 5.32 Å². The van der Waals surface area contributed by atoms with Gasteiger partial charge in [0.25, 0.3) is 0 Å². The Bertz CT molecular complexity index is 221. The molecule has 0 aliphatic heterocycles. The van der Waals surface area contributed by atoms with Crippen LogP contribution in [-0.2, 0) is 14.3 Å². The van der Waals surface area contributed by atoms with Crippen molar-refractivity contribution in [3.63, 3.8) is 0 Å². The van der Waals surface area contributed by atoms with Gasteiger partial charge in [0.05, 0.1) is 6.61 Å². The first kappa shape index (κ1) is 13.7. The van der Waals surface area contributed by atoms with Crippen LogP contribution in [0.15, 0.2) is 0 Å². The number of nitrogens with one attached hydrogen (secondary N) is 1. The number of rotatable bonds is 5. The summed E-state index contributed by atoms with van der Waals surface area (Å²) in [5.74, 6) is -1.03. The van der Waals surface area contributed by atoms with Crippen LogP contribution in [-0.4, -0.2) is 42.5 Å². The highest BCUT2D eigenvalue weighted by atomic mass is 16.6. The van der Waals surface area contributed by atoms with Crippen molar-refractivity contribution in [3.05, 3.63) is 0 Å². The minimum Gasteiger partial charge on any atom is -0.480 e. The summed E-state index contributed by atoms with van der Waals surface area (Å²) in [4.78, 5) is 21.1. The lowest BCUT2D eigenvalue weighted by atomic mass is 10.2. The molecular weight excluding hydrogens is 202 g/mol. The number of carbonyl (C=O) groups excluding carboxylic acids is 1. The minimum absolute atomic E-state index is 0.144. The summed E-state index contributed by atoms with van der Waals surface area (Å²) in [6.07, 6.45) is -0.540. The minimum atomic E-state index is -1.03. The van der Waals surface area contributed by atoms with Crippen molar-refractivity contribution in [1.29, 1.82) is 0 Å². The Morgan fingerprint density at radius 1 is 1.33 bits per heavy atom. The van der Waals surface area contributed by atoms with Crippen LogP contribution in [0.1, 0.15) is 20.8 Å². The molecule has 0 saturated heterocycles. The second-order valence-electron chi connectivity index (χ2n) is 3.87. The molecule has 0 heterocycles. The molecule has 6 nitrogen and oxygen atoms in total. The number of carboxylic acid groups (broad SMARTS) is 1. The second kappa shape index (κ2) is 6.23. The monoisotopic (exact) mass is 219 g/mol. The molecule has 15 heavy (non-hydrogen) atoms. The molecule has 0 aromatic rings. The van der Waals surface area contributed by atoms with Gasteiger partial charge in [0.2, 0.25) is 0 Å². The number of ether oxygens (including phenoxy) is 2. The molecule has 0 fully saturated rings. The highest BCUT2D eigenvalue weighted by molar-refractivity contribution is 5.68. The van der Waals surface area contributed by atoms with E-state index in [1.165, 1.54) is 0 Å². The lowest BCUT2D eigenvalue weighted by Gasteiger charge is -2.19. The van der Waals surface area contributed by atoms with Crippen LogP contribution < -0.4 is 5.32 Å². The molecule has 88 valence electrons. The third-order valence-electron chi connectivity index (χ3n) is 1.14. The Hall–Kier alpha value is -1.30. The normalized spacial score (nSPS) is 10.9. The zero-order chi connectivity index (χ0) is 11.9. The standard InChI is InChI=1S/C9H17NO5/c1-9(2,3)15-8(13)10-4-5-14-6-7(11)12/h4-6H2,1-3H3,(H,10,13)(H,11,12). The highest BCUT2D eigenvalue weighted by Gasteiger charge is 2.15. The molecule has 1 amide bonds. The smallest absolute Gasteiger partial charge is 0.407 e. The fraction of sp³-hybridized carbons (Fsp3) is 0.778. The maximum absolute atomic E-state index is 11.1. The fourth-order valence-electron chi connectivity index (χ4n) is 0.699. The van der Waals surface area contributed by atoms with E-state index in [1.54, 1.807) is 20.8 Å². The van der Waals surface area contributed by atoms with Gasteiger partial charge in [0.15, 0.2) is 0 Å². The molecule has 2 N–H and O–H groups in total. The molecule has 0 aliphatic carbocycles. The van der Waals surface area contributed by atoms with Gasteiger partial charge >= 0.3 is 12.1 Å². The van der Waals surface area contributed by atoms with Gasteiger partial charge in [-0.1, -0.05) is 0 Å². The van der Waals surface area contributed by atoms with Gasteiger partial charge in [0, 0.05) is 6.54 Å². The maximum Gasteiger partial charge on any atom is 0.407 e. The average molecular weight is 219 g/mol. The summed E-state index contributed by atoms with van der Waals surface area (Å²) in [7, 11) is 0. The Kier molecular flexibility index (Phi) is 5.69. The summed E-state index contributed by atoms with van der Waals surface area (Å²) in [5.41, 5.74) is -0.536. The first-order valence-electron chi connectivity index (χ1n) is 4.57. The Balaban J connectivity index is 3.44. The van der Waals surface area contributed by atoms with E-state index < -0.39 is 17.7 Å². The Morgan fingerprint density at radius 3 is 2.40 bits per heavy atom. The lowest BCUT2D eigenvalue weighted by Crippen LogP contribution is -2.34. The first-order chi connectivity index (χ1) is 6.81. The Morgan fingerprint density at radius 2 is 1.93 bits per heavy atom. The molecular formula is C9H17NO5. The number of alkyl carbamates (subject to hydrolysis) is 1. The summed E-state index contributed by atoms with van der Waals surface area (Å²) < 4.78 is 9.65. The second-order valence-corrected chi connectivity index (χ2v) is 3.87. The molecule has 0 spiro atoms. The largest absolute Gasteiger partial charge is 0.480 e. The number of amides is 1. The van der Waals surface area contributed by atoms with Crippen molar-refractivity contribution in [2.75, 3.05) is 19.8 Å². The summed E-state index contributed by atoms with van der Waals surface area (Å²) in [6, 6.07) is 0. The number of hydrogen-bond acceptors (Lipinski definition) is 4. The molecule has 0 saturated carbocycles. The lowest BCUT2D eigenvalue weighted by molar-refractivity contribution is -0.142. The van der Waals surface area contributed by atoms with Crippen molar-refractivity contribution in [2.45, 2.75) is 26.4 Å². The van der Waals surface area contributed by atoms with Crippen LogP contribution in [0.5, 0.6) is 0 Å². The van der Waals surface area contributed by atoms with Crippen LogP contribution >= 0.6 is 0 Å². The van der Waals surface area contributed by atoms with E-state index in [4.69, 9.17) is 14.6 Å². The van der Waals surface area contributed by atoms with Crippen molar-refractivity contribution >= 4 is 12.1 Å². The van der Waals surface area contributed by atoms with E-state index >= 15 is 0 Å². The van der Waals surface area contributed by atoms with Crippen molar-refractivity contribution in [1.82, 2.24) is 5.32 Å². The topological polar surface area (TPSA) is 84.9 Å². The van der Waals surface area contributed by atoms with E-state index in [0.29, 0.717) is 0 Å². The van der Waals surface area contributed by atoms with Gasteiger partial charge in [-0.15, -0.1) is 0 Å². The van der Waals surface area contributed by atoms with E-state index in [1.807, 2.05) is 0 Å². The molecule has 0 aliphatic rings. The zero-order valence-electron chi connectivity index (χ0n) is 9.20. The fourth-order valence-corrected chi connectivity index (χ4v) is 0.699. The van der Waals surface area contributed by atoms with E-state index in [0.717, 1.165) is 0 Å². The van der Waals surface area contributed by atoms with Crippen molar-refractivity contribution < 1.29 is 24.2 Å². The molecule has 0 aromatic carbocycles. The summed E-state index contributed by atoms with van der Waals surface area (Å²) >= 11 is 0. The number of hydrogen-bond donors (Lipinski definition) is 2. The van der Waals surface area contributed by atoms with Crippen molar-refractivity contribution in [3.8, 4) is 0 Å². The summed E-state index contributed by atoms with van der Waals surface area (Å²) in [6.45, 7) is 5.28. The number of carboxylic acids is 1.